The van der Waals surface area contributed by atoms with Crippen molar-refractivity contribution in [3.05, 3.63) is 41.5 Å². The number of ether oxygens (including phenoxy) is 4. The SMILES string of the molecule is CC(=O)c1cc2c(cc1NC(=O)CN1CCC[C@@H]1c1ccc3c(c1)OCCCO3)OCO2. The van der Waals surface area contributed by atoms with Crippen LogP contribution >= 0.6 is 0 Å². The van der Waals surface area contributed by atoms with E-state index in [1.54, 1.807) is 12.1 Å². The summed E-state index contributed by atoms with van der Waals surface area (Å²) in [5.41, 5.74) is 1.97. The van der Waals surface area contributed by atoms with Crippen LogP contribution in [0.3, 0.4) is 0 Å². The number of hydrogen-bond acceptors (Lipinski definition) is 7. The third kappa shape index (κ3) is 4.10. The molecule has 3 aliphatic heterocycles. The number of fused-ring (bicyclic) bond motifs is 2. The maximum absolute atomic E-state index is 12.9. The van der Waals surface area contributed by atoms with E-state index < -0.39 is 0 Å². The number of rotatable bonds is 5. The Balaban J connectivity index is 1.31. The van der Waals surface area contributed by atoms with Crippen LogP contribution in [0.2, 0.25) is 0 Å². The minimum Gasteiger partial charge on any atom is -0.490 e. The molecule has 32 heavy (non-hydrogen) atoms. The molecule has 2 aromatic rings. The van der Waals surface area contributed by atoms with Gasteiger partial charge in [0.2, 0.25) is 12.7 Å². The number of likely N-dealkylation sites (tertiary alicyclic amines) is 1. The van der Waals surface area contributed by atoms with Crippen LogP contribution in [-0.4, -0.2) is 49.7 Å². The minimum absolute atomic E-state index is 0.106. The van der Waals surface area contributed by atoms with Crippen LogP contribution in [-0.2, 0) is 4.79 Å². The largest absolute Gasteiger partial charge is 0.490 e. The van der Waals surface area contributed by atoms with Crippen LogP contribution in [0.25, 0.3) is 0 Å². The Morgan fingerprint density at radius 1 is 0.969 bits per heavy atom. The third-order valence-corrected chi connectivity index (χ3v) is 6.03. The third-order valence-electron chi connectivity index (χ3n) is 6.03. The lowest BCUT2D eigenvalue weighted by molar-refractivity contribution is -0.117. The van der Waals surface area contributed by atoms with E-state index in [0.717, 1.165) is 42.9 Å². The second kappa shape index (κ2) is 8.70. The highest BCUT2D eigenvalue weighted by Gasteiger charge is 2.29. The van der Waals surface area contributed by atoms with Gasteiger partial charge in [0.15, 0.2) is 28.8 Å². The number of hydrogen-bond donors (Lipinski definition) is 1. The van der Waals surface area contributed by atoms with Gasteiger partial charge in [-0.1, -0.05) is 6.07 Å². The minimum atomic E-state index is -0.174. The summed E-state index contributed by atoms with van der Waals surface area (Å²) < 4.78 is 22.3. The lowest BCUT2D eigenvalue weighted by Gasteiger charge is -2.25. The molecule has 2 aromatic carbocycles. The van der Waals surface area contributed by atoms with Crippen LogP contribution in [0.5, 0.6) is 23.0 Å². The lowest BCUT2D eigenvalue weighted by atomic mass is 10.0. The summed E-state index contributed by atoms with van der Waals surface area (Å²) in [4.78, 5) is 27.2. The highest BCUT2D eigenvalue weighted by atomic mass is 16.7. The summed E-state index contributed by atoms with van der Waals surface area (Å²) in [6, 6.07) is 9.45. The van der Waals surface area contributed by atoms with Gasteiger partial charge in [-0.05, 0) is 50.1 Å². The highest BCUT2D eigenvalue weighted by Crippen LogP contribution is 2.39. The van der Waals surface area contributed by atoms with E-state index in [0.29, 0.717) is 36.0 Å². The Kier molecular flexibility index (Phi) is 5.61. The van der Waals surface area contributed by atoms with Gasteiger partial charge in [0, 0.05) is 24.1 Å². The maximum Gasteiger partial charge on any atom is 0.238 e. The summed E-state index contributed by atoms with van der Waals surface area (Å²) in [5, 5.41) is 2.90. The standard InChI is InChI=1S/C24H26N2O6/c1-15(27)17-11-22-23(32-14-31-22)12-18(17)25-24(28)13-26-7-2-4-19(26)16-5-6-20-21(10-16)30-9-3-8-29-20/h5-6,10-12,19H,2-4,7-9,13-14H2,1H3,(H,25,28)/t19-/m1/s1. The lowest BCUT2D eigenvalue weighted by Crippen LogP contribution is -2.33. The van der Waals surface area contributed by atoms with Crippen LogP contribution in [0.1, 0.15) is 48.1 Å². The first kappa shape index (κ1) is 20.6. The van der Waals surface area contributed by atoms with E-state index in [4.69, 9.17) is 18.9 Å². The zero-order valence-electron chi connectivity index (χ0n) is 18.0. The Bertz CT molecular complexity index is 1050. The molecule has 1 atom stereocenters. The van der Waals surface area contributed by atoms with Gasteiger partial charge >= 0.3 is 0 Å². The second-order valence-corrected chi connectivity index (χ2v) is 8.24. The van der Waals surface area contributed by atoms with Gasteiger partial charge in [-0.15, -0.1) is 0 Å². The van der Waals surface area contributed by atoms with Crippen molar-refractivity contribution in [1.82, 2.24) is 4.90 Å². The van der Waals surface area contributed by atoms with E-state index in [-0.39, 0.29) is 31.1 Å². The summed E-state index contributed by atoms with van der Waals surface area (Å²) >= 11 is 0. The Hall–Kier alpha value is -3.26. The first-order valence-corrected chi connectivity index (χ1v) is 11.0. The molecule has 0 bridgehead atoms. The van der Waals surface area contributed by atoms with Crippen molar-refractivity contribution >= 4 is 17.4 Å². The van der Waals surface area contributed by atoms with Crippen LogP contribution < -0.4 is 24.3 Å². The smallest absolute Gasteiger partial charge is 0.238 e. The molecular weight excluding hydrogens is 412 g/mol. The molecule has 5 rings (SSSR count). The van der Waals surface area contributed by atoms with Gasteiger partial charge in [-0.2, -0.15) is 0 Å². The van der Waals surface area contributed by atoms with Crippen LogP contribution in [0.15, 0.2) is 30.3 Å². The number of anilines is 1. The number of carbonyl (C=O) groups is 2. The maximum atomic E-state index is 12.9. The monoisotopic (exact) mass is 438 g/mol. The summed E-state index contributed by atoms with van der Waals surface area (Å²) in [6.07, 6.45) is 2.84. The molecule has 0 saturated carbocycles. The number of carbonyl (C=O) groups excluding carboxylic acids is 2. The topological polar surface area (TPSA) is 86.3 Å². The Morgan fingerprint density at radius 2 is 1.72 bits per heavy atom. The molecule has 0 aromatic heterocycles. The predicted octanol–water partition coefficient (Wildman–Crippen LogP) is 3.55. The van der Waals surface area contributed by atoms with Gasteiger partial charge in [0.25, 0.3) is 0 Å². The molecule has 1 fully saturated rings. The average Bonchev–Trinajstić information content (AvgIpc) is 3.36. The van der Waals surface area contributed by atoms with Gasteiger partial charge in [-0.25, -0.2) is 0 Å². The van der Waals surface area contributed by atoms with E-state index in [9.17, 15) is 9.59 Å². The number of amides is 1. The summed E-state index contributed by atoms with van der Waals surface area (Å²) in [7, 11) is 0. The molecule has 8 heteroatoms. The average molecular weight is 438 g/mol. The number of ketones is 1. The predicted molar refractivity (Wildman–Crippen MR) is 117 cm³/mol. The fourth-order valence-corrected chi connectivity index (χ4v) is 4.49. The van der Waals surface area contributed by atoms with Gasteiger partial charge < -0.3 is 24.3 Å². The fraction of sp³-hybridized carbons (Fsp3) is 0.417. The van der Waals surface area contributed by atoms with Crippen molar-refractivity contribution in [2.75, 3.05) is 38.4 Å². The number of nitrogens with one attached hydrogen (secondary N) is 1. The van der Waals surface area contributed by atoms with Crippen molar-refractivity contribution in [2.24, 2.45) is 0 Å². The van der Waals surface area contributed by atoms with E-state index >= 15 is 0 Å². The summed E-state index contributed by atoms with van der Waals surface area (Å²) in [5.74, 6) is 2.26. The van der Waals surface area contributed by atoms with Crippen molar-refractivity contribution < 1.29 is 28.5 Å². The van der Waals surface area contributed by atoms with Crippen molar-refractivity contribution in [3.8, 4) is 23.0 Å². The molecule has 0 unspecified atom stereocenters. The van der Waals surface area contributed by atoms with Crippen LogP contribution in [0, 0.1) is 0 Å². The molecule has 3 aliphatic rings. The van der Waals surface area contributed by atoms with E-state index in [1.807, 2.05) is 12.1 Å². The summed E-state index contributed by atoms with van der Waals surface area (Å²) in [6.45, 7) is 3.92. The number of nitrogens with zero attached hydrogens (tertiary/aromatic N) is 1. The molecule has 168 valence electrons. The van der Waals surface area contributed by atoms with Gasteiger partial charge in [0.1, 0.15) is 0 Å². The quantitative estimate of drug-likeness (QED) is 0.715. The van der Waals surface area contributed by atoms with Gasteiger partial charge in [-0.3, -0.25) is 14.5 Å². The molecule has 0 aliphatic carbocycles. The molecule has 8 nitrogen and oxygen atoms in total. The molecule has 0 spiro atoms. The van der Waals surface area contributed by atoms with E-state index in [2.05, 4.69) is 16.3 Å². The normalized spacial score (nSPS) is 19.5. The molecule has 1 amide bonds. The second-order valence-electron chi connectivity index (χ2n) is 8.24. The van der Waals surface area contributed by atoms with E-state index in [1.165, 1.54) is 6.92 Å². The molecule has 3 heterocycles. The molecular formula is C24H26N2O6. The number of benzene rings is 2. The zero-order valence-corrected chi connectivity index (χ0v) is 18.0. The highest BCUT2D eigenvalue weighted by molar-refractivity contribution is 6.05. The van der Waals surface area contributed by atoms with Crippen molar-refractivity contribution in [1.29, 1.82) is 0 Å². The Morgan fingerprint density at radius 3 is 2.53 bits per heavy atom. The molecule has 0 radical (unpaired) electrons. The van der Waals surface area contributed by atoms with Crippen molar-refractivity contribution in [2.45, 2.75) is 32.2 Å². The zero-order chi connectivity index (χ0) is 22.1. The Labute approximate surface area is 186 Å². The van der Waals surface area contributed by atoms with Gasteiger partial charge in [0.05, 0.1) is 25.4 Å². The van der Waals surface area contributed by atoms with Crippen molar-refractivity contribution in [3.63, 3.8) is 0 Å². The number of Topliss-reactive ketones (excluding diaryl/α,β-unsaturated/α-hetero) is 1. The fourth-order valence-electron chi connectivity index (χ4n) is 4.49. The first-order chi connectivity index (χ1) is 15.6. The molecule has 1 N–H and O–H groups in total. The molecule has 1 saturated heterocycles. The van der Waals surface area contributed by atoms with Crippen LogP contribution in [0.4, 0.5) is 5.69 Å². The first-order valence-electron chi connectivity index (χ1n) is 11.0.